The van der Waals surface area contributed by atoms with E-state index in [4.69, 9.17) is 4.74 Å². The van der Waals surface area contributed by atoms with Crippen molar-refractivity contribution in [2.24, 2.45) is 0 Å². The third-order valence-electron chi connectivity index (χ3n) is 4.52. The molecule has 6 nitrogen and oxygen atoms in total. The Hall–Kier alpha value is -3.49. The first-order valence-electron chi connectivity index (χ1n) is 9.19. The fraction of sp³-hybridized carbons (Fsp3) is 0.238. The molecule has 1 unspecified atom stereocenters. The molecule has 1 aliphatic heterocycles. The van der Waals surface area contributed by atoms with Crippen molar-refractivity contribution in [1.29, 1.82) is 0 Å². The third-order valence-corrected chi connectivity index (χ3v) is 4.52. The first-order chi connectivity index (χ1) is 14.2. The normalized spacial score (nSPS) is 16.6. The zero-order valence-electron chi connectivity index (χ0n) is 16.3. The van der Waals surface area contributed by atoms with Gasteiger partial charge in [-0.05, 0) is 43.7 Å². The van der Waals surface area contributed by atoms with Crippen molar-refractivity contribution >= 4 is 17.6 Å². The Labute approximate surface area is 171 Å². The Morgan fingerprint density at radius 1 is 1.13 bits per heavy atom. The summed E-state index contributed by atoms with van der Waals surface area (Å²) in [5.41, 5.74) is -0.378. The van der Waals surface area contributed by atoms with Gasteiger partial charge in [0.1, 0.15) is 5.75 Å². The first kappa shape index (κ1) is 21.2. The lowest BCUT2D eigenvalue weighted by Gasteiger charge is -2.29. The number of ether oxygens (including phenoxy) is 1. The zero-order valence-corrected chi connectivity index (χ0v) is 16.3. The van der Waals surface area contributed by atoms with Crippen molar-refractivity contribution in [3.63, 3.8) is 0 Å². The van der Waals surface area contributed by atoms with Gasteiger partial charge in [0.15, 0.2) is 0 Å². The van der Waals surface area contributed by atoms with Gasteiger partial charge >= 0.3 is 12.2 Å². The van der Waals surface area contributed by atoms with Crippen molar-refractivity contribution in [3.8, 4) is 5.75 Å². The molecule has 0 saturated heterocycles. The molecule has 30 heavy (non-hydrogen) atoms. The van der Waals surface area contributed by atoms with E-state index in [0.29, 0.717) is 17.9 Å². The Morgan fingerprint density at radius 2 is 1.80 bits per heavy atom. The lowest BCUT2D eigenvalue weighted by atomic mass is 9.94. The monoisotopic (exact) mass is 419 g/mol. The van der Waals surface area contributed by atoms with Gasteiger partial charge in [-0.15, -0.1) is 0 Å². The van der Waals surface area contributed by atoms with Crippen molar-refractivity contribution in [3.05, 3.63) is 70.9 Å². The minimum Gasteiger partial charge on any atom is -0.494 e. The molecule has 3 N–H and O–H groups in total. The predicted octanol–water partition coefficient (Wildman–Crippen LogP) is 4.37. The second-order valence-electron chi connectivity index (χ2n) is 6.57. The molecule has 2 aromatic carbocycles. The minimum atomic E-state index is -4.62. The number of carbonyl (C=O) groups is 2. The summed E-state index contributed by atoms with van der Waals surface area (Å²) in [6.45, 7) is 3.84. The second kappa shape index (κ2) is 8.48. The molecule has 0 saturated carbocycles. The highest BCUT2D eigenvalue weighted by molar-refractivity contribution is 6.07. The first-order valence-corrected chi connectivity index (χ1v) is 9.19. The highest BCUT2D eigenvalue weighted by Crippen LogP contribution is 2.35. The number of rotatable bonds is 5. The third kappa shape index (κ3) is 4.56. The number of benzene rings is 2. The highest BCUT2D eigenvalue weighted by Gasteiger charge is 2.35. The molecule has 0 spiro atoms. The van der Waals surface area contributed by atoms with Gasteiger partial charge in [-0.1, -0.05) is 24.3 Å². The van der Waals surface area contributed by atoms with Crippen LogP contribution in [0.2, 0.25) is 0 Å². The smallest absolute Gasteiger partial charge is 0.418 e. The van der Waals surface area contributed by atoms with Crippen molar-refractivity contribution in [1.82, 2.24) is 10.6 Å². The van der Waals surface area contributed by atoms with Crippen molar-refractivity contribution in [2.75, 3.05) is 11.9 Å². The molecule has 0 aliphatic carbocycles. The van der Waals surface area contributed by atoms with Crippen LogP contribution in [0.5, 0.6) is 5.75 Å². The van der Waals surface area contributed by atoms with Crippen LogP contribution >= 0.6 is 0 Å². The molecule has 0 radical (unpaired) electrons. The molecule has 0 fully saturated rings. The number of halogens is 3. The van der Waals surface area contributed by atoms with E-state index >= 15 is 0 Å². The molecule has 2 aromatic rings. The molecule has 0 bridgehead atoms. The van der Waals surface area contributed by atoms with Gasteiger partial charge in [-0.25, -0.2) is 4.79 Å². The lowest BCUT2D eigenvalue weighted by molar-refractivity contribution is -0.137. The summed E-state index contributed by atoms with van der Waals surface area (Å²) < 4.78 is 45.2. The number of carbonyl (C=O) groups excluding carboxylic acids is 2. The van der Waals surface area contributed by atoms with Gasteiger partial charge in [0, 0.05) is 5.70 Å². The van der Waals surface area contributed by atoms with Crippen molar-refractivity contribution in [2.45, 2.75) is 26.1 Å². The SMILES string of the molecule is CCOc1ccc(C2NC(=O)NC(C)=C2C(=O)Nc2ccccc2C(F)(F)F)cc1. The van der Waals surface area contributed by atoms with Crippen LogP contribution < -0.4 is 20.7 Å². The van der Waals surface area contributed by atoms with E-state index < -0.39 is 29.7 Å². The van der Waals surface area contributed by atoms with E-state index in [1.165, 1.54) is 25.1 Å². The number of urea groups is 1. The summed E-state index contributed by atoms with van der Waals surface area (Å²) in [5.74, 6) is -0.136. The van der Waals surface area contributed by atoms with Crippen LogP contribution in [0, 0.1) is 0 Å². The summed E-state index contributed by atoms with van der Waals surface area (Å²) in [6.07, 6.45) is -4.62. The number of hydrogen-bond donors (Lipinski definition) is 3. The van der Waals surface area contributed by atoms with E-state index in [1.807, 2.05) is 6.92 Å². The zero-order chi connectivity index (χ0) is 21.9. The van der Waals surface area contributed by atoms with Gasteiger partial charge in [0.2, 0.25) is 0 Å². The Kier molecular flexibility index (Phi) is 6.00. The number of nitrogens with one attached hydrogen (secondary N) is 3. The topological polar surface area (TPSA) is 79.5 Å². The fourth-order valence-corrected chi connectivity index (χ4v) is 3.20. The largest absolute Gasteiger partial charge is 0.494 e. The average molecular weight is 419 g/mol. The quantitative estimate of drug-likeness (QED) is 0.673. The molecule has 1 atom stereocenters. The molecule has 0 aromatic heterocycles. The van der Waals surface area contributed by atoms with Crippen LogP contribution in [0.25, 0.3) is 0 Å². The second-order valence-corrected chi connectivity index (χ2v) is 6.57. The fourth-order valence-electron chi connectivity index (χ4n) is 3.20. The standard InChI is InChI=1S/C21H20F3N3O3/c1-3-30-14-10-8-13(9-11-14)18-17(12(2)25-20(29)27-18)19(28)26-16-7-5-4-6-15(16)21(22,23)24/h4-11,18H,3H2,1-2H3,(H,26,28)(H2,25,27,29). The number of amides is 3. The molecular weight excluding hydrogens is 399 g/mol. The molecule has 1 aliphatic rings. The molecule has 9 heteroatoms. The van der Waals surface area contributed by atoms with Gasteiger partial charge in [-0.3, -0.25) is 4.79 Å². The number of alkyl halides is 3. The summed E-state index contributed by atoms with van der Waals surface area (Å²) in [7, 11) is 0. The van der Waals surface area contributed by atoms with Crippen LogP contribution in [0.1, 0.15) is 31.0 Å². The van der Waals surface area contributed by atoms with E-state index in [1.54, 1.807) is 24.3 Å². The van der Waals surface area contributed by atoms with Crippen LogP contribution in [0.3, 0.4) is 0 Å². The summed E-state index contributed by atoms with van der Waals surface area (Å²) >= 11 is 0. The molecule has 3 amide bonds. The summed E-state index contributed by atoms with van der Waals surface area (Å²) in [5, 5.41) is 7.47. The van der Waals surface area contributed by atoms with Crippen LogP contribution in [0.4, 0.5) is 23.7 Å². The molecule has 3 rings (SSSR count). The maximum atomic E-state index is 13.3. The Bertz CT molecular complexity index is 985. The van der Waals surface area contributed by atoms with Crippen LogP contribution in [-0.2, 0) is 11.0 Å². The van der Waals surface area contributed by atoms with Gasteiger partial charge in [0.25, 0.3) is 5.91 Å². The van der Waals surface area contributed by atoms with E-state index in [-0.39, 0.29) is 17.0 Å². The van der Waals surface area contributed by atoms with Crippen LogP contribution in [-0.4, -0.2) is 18.5 Å². The van der Waals surface area contributed by atoms with Gasteiger partial charge < -0.3 is 20.7 Å². The highest BCUT2D eigenvalue weighted by atomic mass is 19.4. The van der Waals surface area contributed by atoms with Gasteiger partial charge in [-0.2, -0.15) is 13.2 Å². The predicted molar refractivity (Wildman–Crippen MR) is 105 cm³/mol. The maximum absolute atomic E-state index is 13.3. The minimum absolute atomic E-state index is 0.107. The van der Waals surface area contributed by atoms with Gasteiger partial charge in [0.05, 0.1) is 29.5 Å². The summed E-state index contributed by atoms with van der Waals surface area (Å²) in [6, 6.07) is 10.1. The lowest BCUT2D eigenvalue weighted by Crippen LogP contribution is -2.46. The Balaban J connectivity index is 1.94. The van der Waals surface area contributed by atoms with E-state index in [2.05, 4.69) is 16.0 Å². The van der Waals surface area contributed by atoms with E-state index in [9.17, 15) is 22.8 Å². The number of allylic oxidation sites excluding steroid dienone is 1. The molecule has 1 heterocycles. The van der Waals surface area contributed by atoms with Crippen molar-refractivity contribution < 1.29 is 27.5 Å². The number of anilines is 1. The number of hydrogen-bond acceptors (Lipinski definition) is 3. The molecular formula is C21H20F3N3O3. The maximum Gasteiger partial charge on any atom is 0.418 e. The molecule has 158 valence electrons. The number of para-hydroxylation sites is 1. The summed E-state index contributed by atoms with van der Waals surface area (Å²) in [4.78, 5) is 24.9. The van der Waals surface area contributed by atoms with E-state index in [0.717, 1.165) is 6.07 Å². The average Bonchev–Trinajstić information content (AvgIpc) is 2.67. The van der Waals surface area contributed by atoms with Crippen LogP contribution in [0.15, 0.2) is 59.8 Å². The Morgan fingerprint density at radius 3 is 2.43 bits per heavy atom.